The van der Waals surface area contributed by atoms with Crippen LogP contribution in [0.1, 0.15) is 102 Å². The molecular formula is C24H32O4. The van der Waals surface area contributed by atoms with Crippen molar-refractivity contribution in [3.05, 3.63) is 33.4 Å². The Morgan fingerprint density at radius 3 is 2.04 bits per heavy atom. The minimum Gasteiger partial charge on any atom is -0.465 e. The van der Waals surface area contributed by atoms with Gasteiger partial charge in [0.25, 0.3) is 0 Å². The van der Waals surface area contributed by atoms with Crippen LogP contribution in [0.2, 0.25) is 0 Å². The van der Waals surface area contributed by atoms with E-state index in [1.54, 1.807) is 0 Å². The quantitative estimate of drug-likeness (QED) is 0.376. The van der Waals surface area contributed by atoms with Crippen molar-refractivity contribution in [1.82, 2.24) is 0 Å². The number of fused-ring (bicyclic) bond motifs is 1. The van der Waals surface area contributed by atoms with Gasteiger partial charge in [0.05, 0.1) is 25.3 Å². The number of hydrogen-bond donors (Lipinski definition) is 0. The largest absolute Gasteiger partial charge is 0.465 e. The van der Waals surface area contributed by atoms with Gasteiger partial charge in [0.2, 0.25) is 0 Å². The maximum Gasteiger partial charge on any atom is 0.339 e. The van der Waals surface area contributed by atoms with Crippen molar-refractivity contribution in [1.29, 1.82) is 0 Å². The van der Waals surface area contributed by atoms with Gasteiger partial charge < -0.3 is 9.47 Å². The molecule has 0 fully saturated rings. The van der Waals surface area contributed by atoms with E-state index in [-0.39, 0.29) is 11.9 Å². The van der Waals surface area contributed by atoms with Crippen LogP contribution in [0.25, 0.3) is 0 Å². The molecule has 28 heavy (non-hydrogen) atoms. The molecule has 0 unspecified atom stereocenters. The molecule has 0 amide bonds. The number of ether oxygens (including phenoxy) is 2. The molecule has 152 valence electrons. The second-order valence-electron chi connectivity index (χ2n) is 7.26. The molecule has 1 aromatic rings. The molecule has 2 rings (SSSR count). The first kappa shape index (κ1) is 22.0. The lowest BCUT2D eigenvalue weighted by atomic mass is 9.78. The van der Waals surface area contributed by atoms with Crippen LogP contribution in [0.5, 0.6) is 0 Å². The fraction of sp³-hybridized carbons (Fsp3) is 0.583. The predicted molar refractivity (Wildman–Crippen MR) is 111 cm³/mol. The fourth-order valence-corrected chi connectivity index (χ4v) is 3.90. The summed E-state index contributed by atoms with van der Waals surface area (Å²) < 4.78 is 10.3. The van der Waals surface area contributed by atoms with E-state index in [2.05, 4.69) is 25.7 Å². The fourth-order valence-electron chi connectivity index (χ4n) is 3.90. The van der Waals surface area contributed by atoms with Gasteiger partial charge >= 0.3 is 11.9 Å². The molecule has 1 aliphatic carbocycles. The van der Waals surface area contributed by atoms with E-state index in [4.69, 9.17) is 9.47 Å². The first-order valence-corrected chi connectivity index (χ1v) is 10.5. The third-order valence-electron chi connectivity index (χ3n) is 5.35. The first-order valence-electron chi connectivity index (χ1n) is 10.5. The number of rotatable bonds is 7. The Hall–Kier alpha value is -2.28. The first-order chi connectivity index (χ1) is 13.6. The van der Waals surface area contributed by atoms with Gasteiger partial charge in [-0.3, -0.25) is 0 Å². The van der Waals surface area contributed by atoms with E-state index in [0.29, 0.717) is 23.1 Å². The van der Waals surface area contributed by atoms with Gasteiger partial charge in [0.15, 0.2) is 0 Å². The highest BCUT2D eigenvalue weighted by Crippen LogP contribution is 2.35. The van der Waals surface area contributed by atoms with Crippen molar-refractivity contribution >= 4 is 11.9 Å². The minimum atomic E-state index is -0.355. The van der Waals surface area contributed by atoms with Gasteiger partial charge in [-0.25, -0.2) is 9.59 Å². The predicted octanol–water partition coefficient (Wildman–Crippen LogP) is 5.02. The summed E-state index contributed by atoms with van der Waals surface area (Å²) in [5, 5.41) is 0. The highest BCUT2D eigenvalue weighted by atomic mass is 16.5. The molecule has 0 bridgehead atoms. The van der Waals surface area contributed by atoms with E-state index in [1.165, 1.54) is 14.2 Å². The standard InChI is InChI=1S/C24H32O4/c1-5-7-9-10-14-18-17(13-8-6-2)21(23(25)27-3)19-15-11-12-16-20(19)22(18)24(26)28-4/h5-9,11-13,15-16H2,1-4H3. The zero-order valence-electron chi connectivity index (χ0n) is 17.7. The molecule has 0 saturated heterocycles. The van der Waals surface area contributed by atoms with Crippen molar-refractivity contribution in [2.75, 3.05) is 14.2 Å². The number of carbonyl (C=O) groups excluding carboxylic acids is 2. The van der Waals surface area contributed by atoms with Gasteiger partial charge in [-0.2, -0.15) is 0 Å². The number of unbranched alkanes of at least 4 members (excludes halogenated alkanes) is 3. The Labute approximate surface area is 169 Å². The van der Waals surface area contributed by atoms with Crippen LogP contribution in [0, 0.1) is 11.8 Å². The lowest BCUT2D eigenvalue weighted by Crippen LogP contribution is -2.22. The van der Waals surface area contributed by atoms with Crippen LogP contribution in [0.3, 0.4) is 0 Å². The number of carbonyl (C=O) groups is 2. The van der Waals surface area contributed by atoms with E-state index in [1.807, 2.05) is 0 Å². The molecule has 1 aliphatic rings. The second kappa shape index (κ2) is 10.9. The average Bonchev–Trinajstić information content (AvgIpc) is 2.73. The molecule has 4 nitrogen and oxygen atoms in total. The zero-order chi connectivity index (χ0) is 20.5. The number of hydrogen-bond acceptors (Lipinski definition) is 4. The SMILES string of the molecule is CCCCC#Cc1c(CCCC)c(C(=O)OC)c2c(c1C(=O)OC)CCCC2. The molecule has 0 radical (unpaired) electrons. The number of benzene rings is 1. The van der Waals surface area contributed by atoms with Crippen molar-refractivity contribution in [3.63, 3.8) is 0 Å². The normalized spacial score (nSPS) is 12.6. The Balaban J connectivity index is 2.82. The van der Waals surface area contributed by atoms with Crippen molar-refractivity contribution in [3.8, 4) is 11.8 Å². The van der Waals surface area contributed by atoms with Gasteiger partial charge in [0, 0.05) is 12.0 Å². The summed E-state index contributed by atoms with van der Waals surface area (Å²) in [5.41, 5.74) is 4.64. The van der Waals surface area contributed by atoms with Crippen LogP contribution < -0.4 is 0 Å². The average molecular weight is 385 g/mol. The molecule has 0 aliphatic heterocycles. The summed E-state index contributed by atoms with van der Waals surface area (Å²) in [6, 6.07) is 0. The monoisotopic (exact) mass is 384 g/mol. The van der Waals surface area contributed by atoms with Crippen molar-refractivity contribution < 1.29 is 19.1 Å². The van der Waals surface area contributed by atoms with Gasteiger partial charge in [0.1, 0.15) is 0 Å². The molecule has 0 saturated carbocycles. The highest BCUT2D eigenvalue weighted by molar-refractivity contribution is 6.01. The lowest BCUT2D eigenvalue weighted by Gasteiger charge is -2.25. The molecule has 0 heterocycles. The number of methoxy groups -OCH3 is 2. The summed E-state index contributed by atoms with van der Waals surface area (Å²) in [4.78, 5) is 25.5. The Morgan fingerprint density at radius 2 is 1.46 bits per heavy atom. The number of esters is 2. The van der Waals surface area contributed by atoms with E-state index in [9.17, 15) is 9.59 Å². The molecular weight excluding hydrogens is 352 g/mol. The highest BCUT2D eigenvalue weighted by Gasteiger charge is 2.31. The van der Waals surface area contributed by atoms with Crippen LogP contribution in [0.15, 0.2) is 0 Å². The van der Waals surface area contributed by atoms with E-state index < -0.39 is 0 Å². The smallest absolute Gasteiger partial charge is 0.339 e. The van der Waals surface area contributed by atoms with Crippen LogP contribution in [-0.4, -0.2) is 26.2 Å². The topological polar surface area (TPSA) is 52.6 Å². The third kappa shape index (κ3) is 4.76. The van der Waals surface area contributed by atoms with Crippen molar-refractivity contribution in [2.45, 2.75) is 78.1 Å². The van der Waals surface area contributed by atoms with Crippen LogP contribution in [0.4, 0.5) is 0 Å². The molecule has 4 heteroatoms. The summed E-state index contributed by atoms with van der Waals surface area (Å²) in [6.45, 7) is 4.24. The molecule has 0 atom stereocenters. The van der Waals surface area contributed by atoms with Crippen molar-refractivity contribution in [2.24, 2.45) is 0 Å². The third-order valence-corrected chi connectivity index (χ3v) is 5.35. The van der Waals surface area contributed by atoms with Crippen LogP contribution in [-0.2, 0) is 28.7 Å². The summed E-state index contributed by atoms with van der Waals surface area (Å²) in [5.74, 6) is 5.80. The summed E-state index contributed by atoms with van der Waals surface area (Å²) in [7, 11) is 2.83. The van der Waals surface area contributed by atoms with E-state index in [0.717, 1.165) is 74.5 Å². The summed E-state index contributed by atoms with van der Waals surface area (Å²) >= 11 is 0. The lowest BCUT2D eigenvalue weighted by molar-refractivity contribution is 0.0582. The maximum atomic E-state index is 12.8. The van der Waals surface area contributed by atoms with Crippen LogP contribution >= 0.6 is 0 Å². The Morgan fingerprint density at radius 1 is 0.893 bits per heavy atom. The van der Waals surface area contributed by atoms with E-state index >= 15 is 0 Å². The van der Waals surface area contributed by atoms with Gasteiger partial charge in [-0.15, -0.1) is 0 Å². The molecule has 0 spiro atoms. The Kier molecular flexibility index (Phi) is 8.57. The van der Waals surface area contributed by atoms with Gasteiger partial charge in [-0.05, 0) is 61.6 Å². The molecule has 0 N–H and O–H groups in total. The zero-order valence-corrected chi connectivity index (χ0v) is 17.7. The molecule has 1 aromatic carbocycles. The second-order valence-corrected chi connectivity index (χ2v) is 7.26. The minimum absolute atomic E-state index is 0.322. The van der Waals surface area contributed by atoms with Gasteiger partial charge in [-0.1, -0.05) is 38.5 Å². The molecule has 0 aromatic heterocycles. The maximum absolute atomic E-state index is 12.8. The summed E-state index contributed by atoms with van der Waals surface area (Å²) in [6.07, 6.45) is 9.03. The Bertz CT molecular complexity index is 780.